The van der Waals surface area contributed by atoms with Gasteiger partial charge in [0.25, 0.3) is 0 Å². The molecule has 15 heteroatoms. The van der Waals surface area contributed by atoms with Crippen LogP contribution in [0.3, 0.4) is 0 Å². The summed E-state index contributed by atoms with van der Waals surface area (Å²) in [7, 11) is 1.53. The van der Waals surface area contributed by atoms with Gasteiger partial charge < -0.3 is 10.1 Å². The van der Waals surface area contributed by atoms with Crippen LogP contribution in [0.15, 0.2) is 66.0 Å². The molecule has 10 nitrogen and oxygen atoms in total. The summed E-state index contributed by atoms with van der Waals surface area (Å²) >= 11 is 1.08. The smallest absolute Gasteiger partial charge is 0.380 e. The van der Waals surface area contributed by atoms with Crippen molar-refractivity contribution < 1.29 is 31.9 Å². The SMILES string of the molecule is COCc1ccc(C)cc1N1C(=O)CS/C1=N\C(=O)Nc1ccc(-c2ncn(-c3ccc(C(F)(F)F)cn3)n2)cc1F. The number of halogens is 4. The molecule has 1 aliphatic heterocycles. The first-order valence-electron chi connectivity index (χ1n) is 12.2. The maximum absolute atomic E-state index is 15.0. The van der Waals surface area contributed by atoms with Gasteiger partial charge in [0.1, 0.15) is 12.1 Å². The van der Waals surface area contributed by atoms with Crippen molar-refractivity contribution >= 4 is 40.2 Å². The number of hydrogen-bond donors (Lipinski definition) is 1. The van der Waals surface area contributed by atoms with Gasteiger partial charge in [0.05, 0.1) is 29.3 Å². The number of thioether (sulfide) groups is 1. The quantitative estimate of drug-likeness (QED) is 0.287. The van der Waals surface area contributed by atoms with E-state index in [4.69, 9.17) is 4.74 Å². The average molecular weight is 600 g/mol. The fraction of sp³-hybridized carbons (Fsp3) is 0.185. The van der Waals surface area contributed by atoms with E-state index < -0.39 is 23.6 Å². The van der Waals surface area contributed by atoms with Crippen LogP contribution in [0.25, 0.3) is 17.2 Å². The Labute approximate surface area is 240 Å². The summed E-state index contributed by atoms with van der Waals surface area (Å²) in [4.78, 5) is 38.6. The number of anilines is 2. The third-order valence-corrected chi connectivity index (χ3v) is 6.94. The molecular weight excluding hydrogens is 578 g/mol. The maximum Gasteiger partial charge on any atom is 0.417 e. The Balaban J connectivity index is 1.32. The number of rotatable bonds is 6. The summed E-state index contributed by atoms with van der Waals surface area (Å²) in [5.41, 5.74) is 1.35. The highest BCUT2D eigenvalue weighted by molar-refractivity contribution is 8.15. The summed E-state index contributed by atoms with van der Waals surface area (Å²) in [6.07, 6.45) is -2.62. The van der Waals surface area contributed by atoms with E-state index in [9.17, 15) is 27.2 Å². The Morgan fingerprint density at radius 1 is 1.14 bits per heavy atom. The number of hydrogen-bond acceptors (Lipinski definition) is 7. The topological polar surface area (TPSA) is 115 Å². The van der Waals surface area contributed by atoms with E-state index in [-0.39, 0.29) is 46.3 Å². The van der Waals surface area contributed by atoms with Crippen LogP contribution in [-0.4, -0.2) is 49.7 Å². The van der Waals surface area contributed by atoms with Crippen LogP contribution in [-0.2, 0) is 22.3 Å². The second-order valence-electron chi connectivity index (χ2n) is 9.02. The molecule has 2 aromatic carbocycles. The van der Waals surface area contributed by atoms with Crippen LogP contribution in [0.5, 0.6) is 0 Å². The minimum atomic E-state index is -4.53. The fourth-order valence-corrected chi connectivity index (χ4v) is 4.88. The number of aliphatic imine (C=N–C) groups is 1. The second-order valence-corrected chi connectivity index (χ2v) is 9.96. The molecule has 1 N–H and O–H groups in total. The third kappa shape index (κ3) is 6.16. The number of nitrogens with one attached hydrogen (secondary N) is 1. The van der Waals surface area contributed by atoms with E-state index in [1.54, 1.807) is 6.07 Å². The molecule has 0 saturated carbocycles. The number of methoxy groups -OCH3 is 1. The molecule has 0 spiro atoms. The molecule has 1 saturated heterocycles. The minimum absolute atomic E-state index is 0.0789. The fourth-order valence-electron chi connectivity index (χ4n) is 4.02. The Morgan fingerprint density at radius 3 is 2.64 bits per heavy atom. The molecule has 2 aromatic heterocycles. The number of amidine groups is 1. The number of pyridine rings is 1. The van der Waals surface area contributed by atoms with Crippen molar-refractivity contribution in [1.29, 1.82) is 0 Å². The first-order valence-corrected chi connectivity index (χ1v) is 13.2. The lowest BCUT2D eigenvalue weighted by atomic mass is 10.1. The highest BCUT2D eigenvalue weighted by atomic mass is 32.2. The molecule has 0 unspecified atom stereocenters. The highest BCUT2D eigenvalue weighted by Crippen LogP contribution is 2.32. The Morgan fingerprint density at radius 2 is 1.95 bits per heavy atom. The van der Waals surface area contributed by atoms with E-state index in [1.165, 1.54) is 30.5 Å². The van der Waals surface area contributed by atoms with E-state index in [1.807, 2.05) is 19.1 Å². The summed E-state index contributed by atoms with van der Waals surface area (Å²) in [5, 5.41) is 6.67. The van der Waals surface area contributed by atoms with Gasteiger partial charge in [0.2, 0.25) is 5.91 Å². The van der Waals surface area contributed by atoms with Crippen molar-refractivity contribution in [3.05, 3.63) is 83.6 Å². The first-order chi connectivity index (χ1) is 20.0. The number of alkyl halides is 3. The highest BCUT2D eigenvalue weighted by Gasteiger charge is 2.32. The molecule has 0 aliphatic carbocycles. The van der Waals surface area contributed by atoms with E-state index in [2.05, 4.69) is 25.4 Å². The molecule has 0 radical (unpaired) electrons. The molecule has 1 fully saturated rings. The van der Waals surface area contributed by atoms with E-state index >= 15 is 0 Å². The lowest BCUT2D eigenvalue weighted by Crippen LogP contribution is -2.31. The van der Waals surface area contributed by atoms with Gasteiger partial charge in [0.15, 0.2) is 16.8 Å². The number of aryl methyl sites for hydroxylation is 1. The van der Waals surface area contributed by atoms with E-state index in [0.717, 1.165) is 45.8 Å². The Kier molecular flexibility index (Phi) is 8.04. The number of benzene rings is 2. The van der Waals surface area contributed by atoms with Gasteiger partial charge in [-0.1, -0.05) is 23.9 Å². The number of aromatic nitrogens is 4. The molecule has 42 heavy (non-hydrogen) atoms. The zero-order valence-electron chi connectivity index (χ0n) is 22.0. The summed E-state index contributed by atoms with van der Waals surface area (Å²) in [6, 6.07) is 10.5. The number of amides is 3. The third-order valence-electron chi connectivity index (χ3n) is 6.01. The Bertz CT molecular complexity index is 1690. The number of carbonyl (C=O) groups excluding carboxylic acids is 2. The molecule has 4 aromatic rings. The van der Waals surface area contributed by atoms with Crippen LogP contribution in [0.4, 0.5) is 33.7 Å². The molecule has 216 valence electrons. The van der Waals surface area contributed by atoms with Gasteiger partial charge in [-0.25, -0.2) is 23.8 Å². The van der Waals surface area contributed by atoms with Crippen LogP contribution < -0.4 is 10.2 Å². The van der Waals surface area contributed by atoms with Gasteiger partial charge in [-0.3, -0.25) is 9.69 Å². The zero-order valence-corrected chi connectivity index (χ0v) is 22.8. The second kappa shape index (κ2) is 11.7. The molecule has 1 aliphatic rings. The van der Waals surface area contributed by atoms with Gasteiger partial charge >= 0.3 is 12.2 Å². The lowest BCUT2D eigenvalue weighted by molar-refractivity contribution is -0.137. The summed E-state index contributed by atoms with van der Waals surface area (Å²) in [5.74, 6) is -0.823. The average Bonchev–Trinajstić information content (AvgIpc) is 3.58. The predicted molar refractivity (Wildman–Crippen MR) is 148 cm³/mol. The first kappa shape index (κ1) is 28.9. The van der Waals surface area contributed by atoms with Crippen molar-refractivity contribution in [2.45, 2.75) is 19.7 Å². The number of nitrogens with zero attached hydrogens (tertiary/aromatic N) is 6. The predicted octanol–water partition coefficient (Wildman–Crippen LogP) is 5.61. The van der Waals surface area contributed by atoms with Crippen LogP contribution in [0, 0.1) is 12.7 Å². The monoisotopic (exact) mass is 599 g/mol. The summed E-state index contributed by atoms with van der Waals surface area (Å²) in [6.45, 7) is 2.12. The lowest BCUT2D eigenvalue weighted by Gasteiger charge is -2.20. The molecule has 0 atom stereocenters. The maximum atomic E-state index is 15.0. The van der Waals surface area contributed by atoms with Crippen molar-refractivity contribution in [1.82, 2.24) is 19.7 Å². The van der Waals surface area contributed by atoms with Crippen LogP contribution >= 0.6 is 11.8 Å². The zero-order chi connectivity index (χ0) is 30.0. The number of carbonyl (C=O) groups is 2. The van der Waals surface area contributed by atoms with Crippen molar-refractivity contribution in [3.63, 3.8) is 0 Å². The van der Waals surface area contributed by atoms with Crippen LogP contribution in [0.1, 0.15) is 16.7 Å². The number of ether oxygens (including phenoxy) is 1. The molecule has 3 heterocycles. The van der Waals surface area contributed by atoms with Crippen molar-refractivity contribution in [2.75, 3.05) is 23.1 Å². The number of urea groups is 1. The van der Waals surface area contributed by atoms with Gasteiger partial charge in [0, 0.05) is 24.4 Å². The molecule has 0 bridgehead atoms. The normalized spacial score (nSPS) is 14.6. The molecule has 5 rings (SSSR count). The van der Waals surface area contributed by atoms with Gasteiger partial charge in [-0.05, 0) is 48.9 Å². The van der Waals surface area contributed by atoms with Gasteiger partial charge in [-0.2, -0.15) is 18.2 Å². The Hall–Kier alpha value is -4.63. The standard InChI is InChI=1S/C27H21F4N7O3S/c1-15-3-4-17(12-41-2)21(9-15)38-23(39)13-42-26(38)35-25(40)34-20-7-5-16(10-19(20)28)24-33-14-37(36-24)22-8-6-18(11-32-22)27(29,30)31/h3-11,14H,12-13H2,1-2H3,(H,34,40)/b35-26-. The van der Waals surface area contributed by atoms with Crippen molar-refractivity contribution in [3.8, 4) is 17.2 Å². The minimum Gasteiger partial charge on any atom is -0.380 e. The van der Waals surface area contributed by atoms with E-state index in [0.29, 0.717) is 11.9 Å². The van der Waals surface area contributed by atoms with Gasteiger partial charge in [-0.15, -0.1) is 5.10 Å². The summed E-state index contributed by atoms with van der Waals surface area (Å²) < 4.78 is 59.7. The molecular formula is C27H21F4N7O3S. The van der Waals surface area contributed by atoms with Crippen molar-refractivity contribution in [2.24, 2.45) is 4.99 Å². The largest absolute Gasteiger partial charge is 0.417 e. The molecule has 3 amide bonds. The van der Waals surface area contributed by atoms with Crippen LogP contribution in [0.2, 0.25) is 0 Å².